The maximum Gasteiger partial charge on any atom is 0.240 e. The molecule has 1 unspecified atom stereocenters. The van der Waals surface area contributed by atoms with Gasteiger partial charge in [-0.05, 0) is 26.3 Å². The number of nitrogens with one attached hydrogen (secondary N) is 1. The van der Waals surface area contributed by atoms with Crippen molar-refractivity contribution < 1.29 is 14.1 Å². The molecule has 1 atom stereocenters. The zero-order valence-electron chi connectivity index (χ0n) is 10.4. The summed E-state index contributed by atoms with van der Waals surface area (Å²) in [4.78, 5) is 24.5. The highest BCUT2D eigenvalue weighted by Gasteiger charge is 2.21. The van der Waals surface area contributed by atoms with E-state index in [0.717, 1.165) is 31.4 Å². The lowest BCUT2D eigenvalue weighted by molar-refractivity contribution is -0.119. The van der Waals surface area contributed by atoms with Gasteiger partial charge in [0.1, 0.15) is 6.29 Å². The molecule has 0 aliphatic carbocycles. The third kappa shape index (κ3) is 3.40. The fraction of sp³-hybridized carbons (Fsp3) is 0.583. The molecule has 6 heteroatoms. The maximum absolute atomic E-state index is 11.8. The molecule has 0 spiro atoms. The van der Waals surface area contributed by atoms with Crippen molar-refractivity contribution in [1.82, 2.24) is 10.1 Å². The van der Waals surface area contributed by atoms with Gasteiger partial charge in [-0.3, -0.25) is 15.0 Å². The van der Waals surface area contributed by atoms with Crippen molar-refractivity contribution in [2.75, 3.05) is 25.0 Å². The minimum Gasteiger partial charge on any atom is -0.338 e. The van der Waals surface area contributed by atoms with E-state index in [-0.39, 0.29) is 18.4 Å². The van der Waals surface area contributed by atoms with Crippen LogP contribution in [0, 0.1) is 12.8 Å². The molecule has 1 amide bonds. The lowest BCUT2D eigenvalue weighted by Crippen LogP contribution is -2.40. The Hall–Kier alpha value is -1.69. The summed E-state index contributed by atoms with van der Waals surface area (Å²) in [5.74, 6) is 0.276. The average molecular weight is 251 g/mol. The smallest absolute Gasteiger partial charge is 0.240 e. The van der Waals surface area contributed by atoms with Crippen LogP contribution in [0.25, 0.3) is 0 Å². The Bertz CT molecular complexity index is 430. The number of rotatable bonds is 4. The predicted molar refractivity (Wildman–Crippen MR) is 65.1 cm³/mol. The highest BCUT2D eigenvalue weighted by atomic mass is 16.5. The van der Waals surface area contributed by atoms with Gasteiger partial charge >= 0.3 is 0 Å². The van der Waals surface area contributed by atoms with Crippen LogP contribution in [0.2, 0.25) is 0 Å². The molecule has 2 heterocycles. The van der Waals surface area contributed by atoms with Crippen LogP contribution >= 0.6 is 0 Å². The van der Waals surface area contributed by atoms with Crippen molar-refractivity contribution in [2.45, 2.75) is 19.8 Å². The molecule has 98 valence electrons. The van der Waals surface area contributed by atoms with Gasteiger partial charge in [-0.25, -0.2) is 0 Å². The first-order chi connectivity index (χ1) is 8.67. The number of carbonyl (C=O) groups is 2. The third-order valence-electron chi connectivity index (χ3n) is 2.99. The fourth-order valence-electron chi connectivity index (χ4n) is 2.15. The Balaban J connectivity index is 1.82. The van der Waals surface area contributed by atoms with E-state index in [1.807, 2.05) is 4.90 Å². The van der Waals surface area contributed by atoms with Crippen molar-refractivity contribution in [2.24, 2.45) is 5.92 Å². The van der Waals surface area contributed by atoms with E-state index >= 15 is 0 Å². The van der Waals surface area contributed by atoms with Gasteiger partial charge in [-0.1, -0.05) is 5.16 Å². The Labute approximate surface area is 105 Å². The van der Waals surface area contributed by atoms with Crippen molar-refractivity contribution in [3.8, 4) is 0 Å². The van der Waals surface area contributed by atoms with E-state index < -0.39 is 0 Å². The van der Waals surface area contributed by atoms with Crippen molar-refractivity contribution in [1.29, 1.82) is 0 Å². The van der Waals surface area contributed by atoms with Crippen LogP contribution in [0.1, 0.15) is 18.5 Å². The molecule has 6 nitrogen and oxygen atoms in total. The number of hydrogen-bond acceptors (Lipinski definition) is 5. The number of amides is 1. The number of aromatic nitrogens is 1. The van der Waals surface area contributed by atoms with E-state index in [2.05, 4.69) is 10.5 Å². The third-order valence-corrected chi connectivity index (χ3v) is 2.99. The molecular formula is C12H17N3O3. The molecule has 0 bridgehead atoms. The highest BCUT2D eigenvalue weighted by Crippen LogP contribution is 2.14. The summed E-state index contributed by atoms with van der Waals surface area (Å²) in [6.45, 7) is 3.59. The average Bonchev–Trinajstić information content (AvgIpc) is 2.74. The van der Waals surface area contributed by atoms with Crippen LogP contribution in [-0.4, -0.2) is 41.9 Å². The molecule has 0 saturated carbocycles. The lowest BCUT2D eigenvalue weighted by atomic mass is 10.00. The Morgan fingerprint density at radius 1 is 1.72 bits per heavy atom. The van der Waals surface area contributed by atoms with Gasteiger partial charge in [0.05, 0.1) is 12.2 Å². The zero-order chi connectivity index (χ0) is 13.0. The molecule has 18 heavy (non-hydrogen) atoms. The SMILES string of the molecule is Cc1cc(NC(=O)CN2CCCC(C=O)C2)on1. The molecule has 1 aliphatic heterocycles. The standard InChI is InChI=1S/C12H17N3O3/c1-9-5-12(18-14-9)13-11(17)7-15-4-2-3-10(6-15)8-16/h5,8,10H,2-4,6-7H2,1H3,(H,13,17). The summed E-state index contributed by atoms with van der Waals surface area (Å²) in [6, 6.07) is 1.67. The number of anilines is 1. The minimum atomic E-state index is -0.141. The van der Waals surface area contributed by atoms with Crippen LogP contribution in [0.15, 0.2) is 10.6 Å². The number of nitrogens with zero attached hydrogens (tertiary/aromatic N) is 2. The second-order valence-corrected chi connectivity index (χ2v) is 4.65. The molecule has 1 N–H and O–H groups in total. The van der Waals surface area contributed by atoms with Crippen LogP contribution in [0.5, 0.6) is 0 Å². The van der Waals surface area contributed by atoms with Gasteiger partial charge < -0.3 is 9.32 Å². The van der Waals surface area contributed by atoms with Gasteiger partial charge in [-0.15, -0.1) is 0 Å². The van der Waals surface area contributed by atoms with E-state index in [1.54, 1.807) is 13.0 Å². The molecule has 2 rings (SSSR count). The number of piperidine rings is 1. The van der Waals surface area contributed by atoms with Gasteiger partial charge in [0, 0.05) is 18.5 Å². The van der Waals surface area contributed by atoms with Crippen LogP contribution < -0.4 is 5.32 Å². The van der Waals surface area contributed by atoms with Crippen LogP contribution in [0.3, 0.4) is 0 Å². The topological polar surface area (TPSA) is 75.4 Å². The summed E-state index contributed by atoms with van der Waals surface area (Å²) in [5, 5.41) is 6.34. The fourth-order valence-corrected chi connectivity index (χ4v) is 2.15. The van der Waals surface area contributed by atoms with E-state index in [4.69, 9.17) is 4.52 Å². The largest absolute Gasteiger partial charge is 0.338 e. The Kier molecular flexibility index (Phi) is 4.09. The highest BCUT2D eigenvalue weighted by molar-refractivity contribution is 5.91. The first-order valence-electron chi connectivity index (χ1n) is 6.08. The minimum absolute atomic E-state index is 0.0547. The van der Waals surface area contributed by atoms with Gasteiger partial charge in [0.25, 0.3) is 0 Å². The van der Waals surface area contributed by atoms with E-state index in [1.165, 1.54) is 0 Å². The maximum atomic E-state index is 11.8. The van der Waals surface area contributed by atoms with Crippen LogP contribution in [0.4, 0.5) is 5.88 Å². The second kappa shape index (κ2) is 5.77. The quantitative estimate of drug-likeness (QED) is 0.802. The number of aldehydes is 1. The van der Waals surface area contributed by atoms with Gasteiger partial charge in [0.2, 0.25) is 11.8 Å². The number of likely N-dealkylation sites (tertiary alicyclic amines) is 1. The molecule has 1 aromatic heterocycles. The summed E-state index contributed by atoms with van der Waals surface area (Å²) in [7, 11) is 0. The van der Waals surface area contributed by atoms with Crippen molar-refractivity contribution in [3.05, 3.63) is 11.8 Å². The summed E-state index contributed by atoms with van der Waals surface area (Å²) in [6.07, 6.45) is 2.85. The first-order valence-corrected chi connectivity index (χ1v) is 6.08. The molecule has 1 saturated heterocycles. The van der Waals surface area contributed by atoms with Crippen LogP contribution in [-0.2, 0) is 9.59 Å². The molecular weight excluding hydrogens is 234 g/mol. The number of carbonyl (C=O) groups excluding carboxylic acids is 2. The number of aryl methyl sites for hydroxylation is 1. The van der Waals surface area contributed by atoms with Gasteiger partial charge in [0.15, 0.2) is 0 Å². The summed E-state index contributed by atoms with van der Waals surface area (Å²) >= 11 is 0. The van der Waals surface area contributed by atoms with E-state index in [9.17, 15) is 9.59 Å². The molecule has 1 aromatic rings. The molecule has 1 fully saturated rings. The predicted octanol–water partition coefficient (Wildman–Crippen LogP) is 0.832. The normalized spacial score (nSPS) is 20.6. The molecule has 0 radical (unpaired) electrons. The zero-order valence-corrected chi connectivity index (χ0v) is 10.4. The van der Waals surface area contributed by atoms with Gasteiger partial charge in [-0.2, -0.15) is 0 Å². The monoisotopic (exact) mass is 251 g/mol. The van der Waals surface area contributed by atoms with E-state index in [0.29, 0.717) is 12.4 Å². The summed E-state index contributed by atoms with van der Waals surface area (Å²) in [5.41, 5.74) is 0.726. The molecule has 0 aromatic carbocycles. The Morgan fingerprint density at radius 3 is 3.22 bits per heavy atom. The van der Waals surface area contributed by atoms with Crippen molar-refractivity contribution in [3.63, 3.8) is 0 Å². The van der Waals surface area contributed by atoms with Crippen molar-refractivity contribution >= 4 is 18.1 Å². The summed E-state index contributed by atoms with van der Waals surface area (Å²) < 4.78 is 4.91. The Morgan fingerprint density at radius 2 is 2.56 bits per heavy atom. The second-order valence-electron chi connectivity index (χ2n) is 4.65. The lowest BCUT2D eigenvalue weighted by Gasteiger charge is -2.29. The number of hydrogen-bond donors (Lipinski definition) is 1. The molecule has 1 aliphatic rings. The first kappa shape index (κ1) is 12.8.